The first-order chi connectivity index (χ1) is 8.20. The standard InChI is InChI=1S/C14H16BrNS/c1-2-4-10-5-3-6-11(9-10)14(16)12-7-8-13(15)17-12/h3,5-9,14H,2,4,16H2,1H3. The van der Waals surface area contributed by atoms with Crippen molar-refractivity contribution in [2.75, 3.05) is 0 Å². The van der Waals surface area contributed by atoms with Gasteiger partial charge in [0.15, 0.2) is 0 Å². The van der Waals surface area contributed by atoms with E-state index in [0.29, 0.717) is 0 Å². The summed E-state index contributed by atoms with van der Waals surface area (Å²) in [5.74, 6) is 0. The molecule has 17 heavy (non-hydrogen) atoms. The van der Waals surface area contributed by atoms with Gasteiger partial charge in [0.2, 0.25) is 0 Å². The molecule has 1 aromatic carbocycles. The van der Waals surface area contributed by atoms with Crippen molar-refractivity contribution in [2.45, 2.75) is 25.8 Å². The zero-order chi connectivity index (χ0) is 12.3. The molecule has 1 nitrogen and oxygen atoms in total. The summed E-state index contributed by atoms with van der Waals surface area (Å²) in [6.45, 7) is 2.20. The molecule has 0 radical (unpaired) electrons. The third kappa shape index (κ3) is 3.18. The molecule has 2 N–H and O–H groups in total. The van der Waals surface area contributed by atoms with Gasteiger partial charge < -0.3 is 5.73 Å². The fourth-order valence-corrected chi connectivity index (χ4v) is 3.34. The minimum absolute atomic E-state index is 0.0110. The summed E-state index contributed by atoms with van der Waals surface area (Å²) in [4.78, 5) is 1.20. The van der Waals surface area contributed by atoms with E-state index in [4.69, 9.17) is 5.73 Å². The fraction of sp³-hybridized carbons (Fsp3) is 0.286. The van der Waals surface area contributed by atoms with Crippen LogP contribution in [0, 0.1) is 0 Å². The molecule has 0 fully saturated rings. The van der Waals surface area contributed by atoms with Gasteiger partial charge in [-0.1, -0.05) is 37.6 Å². The van der Waals surface area contributed by atoms with E-state index < -0.39 is 0 Å². The van der Waals surface area contributed by atoms with E-state index in [1.165, 1.54) is 22.4 Å². The number of benzene rings is 1. The minimum Gasteiger partial charge on any atom is -0.320 e. The van der Waals surface area contributed by atoms with E-state index in [0.717, 1.165) is 10.2 Å². The molecule has 90 valence electrons. The van der Waals surface area contributed by atoms with Gasteiger partial charge >= 0.3 is 0 Å². The smallest absolute Gasteiger partial charge is 0.0702 e. The maximum atomic E-state index is 6.28. The maximum Gasteiger partial charge on any atom is 0.0702 e. The van der Waals surface area contributed by atoms with Gasteiger partial charge in [0.1, 0.15) is 0 Å². The minimum atomic E-state index is -0.0110. The number of hydrogen-bond donors (Lipinski definition) is 1. The first kappa shape index (κ1) is 12.8. The molecule has 0 amide bonds. The van der Waals surface area contributed by atoms with Crippen LogP contribution in [0.1, 0.15) is 35.4 Å². The molecule has 1 atom stereocenters. The van der Waals surface area contributed by atoms with Crippen molar-refractivity contribution >= 4 is 27.3 Å². The predicted molar refractivity (Wildman–Crippen MR) is 78.5 cm³/mol. The summed E-state index contributed by atoms with van der Waals surface area (Å²) in [7, 11) is 0. The monoisotopic (exact) mass is 309 g/mol. The highest BCUT2D eigenvalue weighted by molar-refractivity contribution is 9.11. The summed E-state index contributed by atoms with van der Waals surface area (Å²) in [5.41, 5.74) is 8.85. The van der Waals surface area contributed by atoms with Crippen molar-refractivity contribution in [2.24, 2.45) is 5.73 Å². The second-order valence-corrected chi connectivity index (χ2v) is 6.61. The molecule has 2 rings (SSSR count). The van der Waals surface area contributed by atoms with Crippen LogP contribution in [0.5, 0.6) is 0 Å². The molecule has 3 heteroatoms. The van der Waals surface area contributed by atoms with E-state index in [1.807, 2.05) is 0 Å². The van der Waals surface area contributed by atoms with Crippen LogP contribution in [-0.2, 0) is 6.42 Å². The number of rotatable bonds is 4. The Morgan fingerprint density at radius 3 is 2.76 bits per heavy atom. The lowest BCUT2D eigenvalue weighted by molar-refractivity contribution is 0.875. The molecule has 0 spiro atoms. The molecule has 0 bridgehead atoms. The highest BCUT2D eigenvalue weighted by Gasteiger charge is 2.11. The van der Waals surface area contributed by atoms with E-state index in [9.17, 15) is 0 Å². The van der Waals surface area contributed by atoms with Crippen LogP contribution in [0.15, 0.2) is 40.2 Å². The number of aryl methyl sites for hydroxylation is 1. The molecule has 1 unspecified atom stereocenters. The topological polar surface area (TPSA) is 26.0 Å². The summed E-state index contributed by atoms with van der Waals surface area (Å²) < 4.78 is 1.13. The molecule has 0 saturated carbocycles. The van der Waals surface area contributed by atoms with Crippen molar-refractivity contribution in [1.29, 1.82) is 0 Å². The average Bonchev–Trinajstić information content (AvgIpc) is 2.76. The van der Waals surface area contributed by atoms with Crippen LogP contribution < -0.4 is 5.73 Å². The van der Waals surface area contributed by atoms with Crippen molar-refractivity contribution in [3.63, 3.8) is 0 Å². The molecule has 2 aromatic rings. The van der Waals surface area contributed by atoms with Crippen LogP contribution >= 0.6 is 27.3 Å². The van der Waals surface area contributed by atoms with Gasteiger partial charge in [0, 0.05) is 4.88 Å². The Kier molecular flexibility index (Phi) is 4.37. The Hall–Kier alpha value is -0.640. The molecule has 0 aliphatic rings. The number of nitrogens with two attached hydrogens (primary N) is 1. The van der Waals surface area contributed by atoms with Crippen LogP contribution in [0.25, 0.3) is 0 Å². The van der Waals surface area contributed by atoms with Gasteiger partial charge in [0.25, 0.3) is 0 Å². The van der Waals surface area contributed by atoms with Crippen LogP contribution in [-0.4, -0.2) is 0 Å². The zero-order valence-electron chi connectivity index (χ0n) is 9.82. The number of halogens is 1. The second kappa shape index (κ2) is 5.80. The first-order valence-electron chi connectivity index (χ1n) is 5.80. The van der Waals surface area contributed by atoms with Gasteiger partial charge in [-0.25, -0.2) is 0 Å². The lowest BCUT2D eigenvalue weighted by Crippen LogP contribution is -2.10. The molecular formula is C14H16BrNS. The first-order valence-corrected chi connectivity index (χ1v) is 7.41. The predicted octanol–water partition coefficient (Wildman–Crippen LogP) is 4.51. The Morgan fingerprint density at radius 2 is 2.12 bits per heavy atom. The van der Waals surface area contributed by atoms with E-state index in [1.54, 1.807) is 11.3 Å². The molecule has 0 aliphatic heterocycles. The van der Waals surface area contributed by atoms with E-state index >= 15 is 0 Å². The Balaban J connectivity index is 2.24. The van der Waals surface area contributed by atoms with Crippen LogP contribution in [0.4, 0.5) is 0 Å². The molecular weight excluding hydrogens is 294 g/mol. The zero-order valence-corrected chi connectivity index (χ0v) is 12.2. The van der Waals surface area contributed by atoms with Gasteiger partial charge in [-0.15, -0.1) is 11.3 Å². The van der Waals surface area contributed by atoms with Crippen LogP contribution in [0.2, 0.25) is 0 Å². The van der Waals surface area contributed by atoms with Crippen molar-refractivity contribution in [1.82, 2.24) is 0 Å². The highest BCUT2D eigenvalue weighted by Crippen LogP contribution is 2.30. The Morgan fingerprint density at radius 1 is 1.29 bits per heavy atom. The van der Waals surface area contributed by atoms with E-state index in [-0.39, 0.29) is 6.04 Å². The summed E-state index contributed by atoms with van der Waals surface area (Å²) in [6, 6.07) is 12.7. The van der Waals surface area contributed by atoms with Gasteiger partial charge in [-0.3, -0.25) is 0 Å². The summed E-state index contributed by atoms with van der Waals surface area (Å²) in [5, 5.41) is 0. The average molecular weight is 310 g/mol. The van der Waals surface area contributed by atoms with Gasteiger partial charge in [0.05, 0.1) is 9.83 Å². The highest BCUT2D eigenvalue weighted by atomic mass is 79.9. The fourth-order valence-electron chi connectivity index (χ4n) is 1.89. The molecule has 1 aromatic heterocycles. The number of hydrogen-bond acceptors (Lipinski definition) is 2. The third-order valence-electron chi connectivity index (χ3n) is 2.75. The quantitative estimate of drug-likeness (QED) is 0.883. The number of thiophene rings is 1. The Labute approximate surface area is 115 Å². The third-order valence-corrected chi connectivity index (χ3v) is 4.46. The SMILES string of the molecule is CCCc1cccc(C(N)c2ccc(Br)s2)c1. The van der Waals surface area contributed by atoms with Crippen LogP contribution in [0.3, 0.4) is 0 Å². The lowest BCUT2D eigenvalue weighted by Gasteiger charge is -2.11. The van der Waals surface area contributed by atoms with E-state index in [2.05, 4.69) is 59.3 Å². The normalized spacial score (nSPS) is 12.6. The molecule has 1 heterocycles. The Bertz CT molecular complexity index is 492. The van der Waals surface area contributed by atoms with Crippen molar-refractivity contribution < 1.29 is 0 Å². The largest absolute Gasteiger partial charge is 0.320 e. The van der Waals surface area contributed by atoms with Crippen molar-refractivity contribution in [3.8, 4) is 0 Å². The molecule has 0 saturated heterocycles. The molecule has 0 aliphatic carbocycles. The van der Waals surface area contributed by atoms with Gasteiger partial charge in [-0.2, -0.15) is 0 Å². The maximum absolute atomic E-state index is 6.28. The summed E-state index contributed by atoms with van der Waals surface area (Å²) >= 11 is 5.18. The lowest BCUT2D eigenvalue weighted by atomic mass is 10.0. The summed E-state index contributed by atoms with van der Waals surface area (Å²) in [6.07, 6.45) is 2.29. The van der Waals surface area contributed by atoms with Gasteiger partial charge in [-0.05, 0) is 45.6 Å². The van der Waals surface area contributed by atoms with Crippen molar-refractivity contribution in [3.05, 3.63) is 56.2 Å². The second-order valence-electron chi connectivity index (χ2n) is 4.11.